The van der Waals surface area contributed by atoms with Crippen LogP contribution in [0.15, 0.2) is 24.3 Å². The zero-order valence-electron chi connectivity index (χ0n) is 30.9. The van der Waals surface area contributed by atoms with E-state index in [9.17, 15) is 0 Å². The molecule has 0 bridgehead atoms. The first kappa shape index (κ1) is 42.4. The van der Waals surface area contributed by atoms with Crippen LogP contribution in [0.5, 0.6) is 0 Å². The van der Waals surface area contributed by atoms with Crippen LogP contribution in [0.3, 0.4) is 0 Å². The first-order chi connectivity index (χ1) is 20.9. The Bertz CT molecular complexity index is 570. The van der Waals surface area contributed by atoms with Crippen LogP contribution < -0.4 is 0 Å². The molecule has 0 aliphatic carbocycles. The third-order valence-corrected chi connectivity index (χ3v) is 9.61. The molecule has 0 atom stereocenters. The summed E-state index contributed by atoms with van der Waals surface area (Å²) in [6.07, 6.45) is 39.1. The molecule has 0 spiro atoms. The topological polar surface area (TPSA) is 3.24 Å². The lowest BCUT2D eigenvalue weighted by Crippen LogP contribution is -2.28. The van der Waals surface area contributed by atoms with Gasteiger partial charge in [-0.15, -0.1) is 6.58 Å². The summed E-state index contributed by atoms with van der Waals surface area (Å²) in [4.78, 5) is 2.76. The van der Waals surface area contributed by atoms with Gasteiger partial charge in [-0.3, -0.25) is 0 Å². The zero-order valence-corrected chi connectivity index (χ0v) is 30.9. The van der Waals surface area contributed by atoms with Crippen LogP contribution in [-0.2, 0) is 0 Å². The number of hydrogen-bond donors (Lipinski definition) is 0. The highest BCUT2D eigenvalue weighted by Gasteiger charge is 2.11. The normalized spacial score (nSPS) is 11.8. The summed E-state index contributed by atoms with van der Waals surface area (Å²) >= 11 is 0. The highest BCUT2D eigenvalue weighted by molar-refractivity contribution is 4.95. The molecule has 0 unspecified atom stereocenters. The monoisotopic (exact) mass is 602 g/mol. The minimum Gasteiger partial charge on any atom is -0.303 e. The molecule has 0 aliphatic rings. The first-order valence-electron chi connectivity index (χ1n) is 19.9. The van der Waals surface area contributed by atoms with Crippen molar-refractivity contribution in [2.45, 2.75) is 214 Å². The Morgan fingerprint density at radius 1 is 0.488 bits per heavy atom. The summed E-state index contributed by atoms with van der Waals surface area (Å²) in [5, 5.41) is 0. The molecule has 0 heterocycles. The average Bonchev–Trinajstić information content (AvgIpc) is 2.97. The number of nitrogens with zero attached hydrogens (tertiary/aromatic N) is 1. The lowest BCUT2D eigenvalue weighted by molar-refractivity contribution is 0.246. The molecule has 0 aromatic carbocycles. The van der Waals surface area contributed by atoms with E-state index in [1.165, 1.54) is 205 Å². The van der Waals surface area contributed by atoms with Gasteiger partial charge in [0.05, 0.1) is 0 Å². The Balaban J connectivity index is 4.36. The third-order valence-electron chi connectivity index (χ3n) is 9.61. The van der Waals surface area contributed by atoms with Crippen molar-refractivity contribution >= 4 is 0 Å². The second-order valence-electron chi connectivity index (χ2n) is 14.9. The van der Waals surface area contributed by atoms with Gasteiger partial charge in [0.2, 0.25) is 0 Å². The quantitative estimate of drug-likeness (QED) is 0.0516. The predicted octanol–water partition coefficient (Wildman–Crippen LogP) is 14.7. The predicted molar refractivity (Wildman–Crippen MR) is 199 cm³/mol. The Labute approximate surface area is 274 Å². The van der Waals surface area contributed by atoms with Crippen molar-refractivity contribution in [3.8, 4) is 0 Å². The van der Waals surface area contributed by atoms with Crippen LogP contribution in [-0.4, -0.2) is 24.5 Å². The molecule has 0 aromatic heterocycles. The largest absolute Gasteiger partial charge is 0.303 e. The van der Waals surface area contributed by atoms with Gasteiger partial charge in [0.1, 0.15) is 0 Å². The van der Waals surface area contributed by atoms with Crippen LogP contribution in [0.4, 0.5) is 0 Å². The van der Waals surface area contributed by atoms with Crippen molar-refractivity contribution in [1.82, 2.24) is 4.90 Å². The number of hydrogen-bond acceptors (Lipinski definition) is 1. The fourth-order valence-corrected chi connectivity index (χ4v) is 6.59. The molecular formula is C42H83N. The first-order valence-corrected chi connectivity index (χ1v) is 19.9. The van der Waals surface area contributed by atoms with E-state index in [-0.39, 0.29) is 0 Å². The lowest BCUT2D eigenvalue weighted by atomic mass is 9.87. The number of unbranched alkanes of at least 4 members (excludes halogenated alkanes) is 18. The van der Waals surface area contributed by atoms with E-state index in [0.717, 1.165) is 11.8 Å². The van der Waals surface area contributed by atoms with Crippen LogP contribution >= 0.6 is 0 Å². The van der Waals surface area contributed by atoms with E-state index in [1.54, 1.807) is 5.57 Å². The summed E-state index contributed by atoms with van der Waals surface area (Å²) in [7, 11) is 0. The van der Waals surface area contributed by atoms with Gasteiger partial charge in [-0.05, 0) is 89.8 Å². The molecule has 0 aliphatic heterocycles. The minimum atomic E-state index is 0.804. The maximum atomic E-state index is 4.60. The molecule has 0 saturated heterocycles. The second kappa shape index (κ2) is 32.8. The van der Waals surface area contributed by atoms with Crippen molar-refractivity contribution in [2.75, 3.05) is 19.6 Å². The number of rotatable bonds is 35. The highest BCUT2D eigenvalue weighted by Crippen LogP contribution is 2.27. The summed E-state index contributed by atoms with van der Waals surface area (Å²) in [5.41, 5.74) is 2.89. The van der Waals surface area contributed by atoms with E-state index in [1.807, 2.05) is 0 Å². The standard InChI is InChI=1S/C42H83N/c1-8-10-12-14-16-18-20-26-32-42(33-27-21-19-17-15-13-11-9-2)38-41(7)31-25-23-29-36-43(37-34-40(5)6)35-28-22-24-30-39(3)4/h40,42H,3,7-38H2,1-2,4-6H3. The fraction of sp³-hybridized carbons (Fsp3) is 0.905. The van der Waals surface area contributed by atoms with Crippen LogP contribution in [0.25, 0.3) is 0 Å². The molecule has 0 aromatic rings. The van der Waals surface area contributed by atoms with Crippen molar-refractivity contribution in [1.29, 1.82) is 0 Å². The van der Waals surface area contributed by atoms with E-state index in [4.69, 9.17) is 0 Å². The Morgan fingerprint density at radius 2 is 0.907 bits per heavy atom. The molecule has 43 heavy (non-hydrogen) atoms. The minimum absolute atomic E-state index is 0.804. The van der Waals surface area contributed by atoms with E-state index in [2.05, 4.69) is 52.7 Å². The maximum absolute atomic E-state index is 4.60. The highest BCUT2D eigenvalue weighted by atomic mass is 15.1. The molecule has 1 nitrogen and oxygen atoms in total. The van der Waals surface area contributed by atoms with Crippen molar-refractivity contribution in [2.24, 2.45) is 11.8 Å². The van der Waals surface area contributed by atoms with Gasteiger partial charge in [-0.25, -0.2) is 0 Å². The SMILES string of the molecule is C=C(C)CCCCCN(CCCCCC(=C)CC(CCCCCCCCCC)CCCCCCCCCC)CCC(C)C. The van der Waals surface area contributed by atoms with Crippen molar-refractivity contribution in [3.05, 3.63) is 24.3 Å². The van der Waals surface area contributed by atoms with Gasteiger partial charge in [0.15, 0.2) is 0 Å². The summed E-state index contributed by atoms with van der Waals surface area (Å²) < 4.78 is 0. The molecule has 0 amide bonds. The van der Waals surface area contributed by atoms with Gasteiger partial charge >= 0.3 is 0 Å². The molecule has 0 radical (unpaired) electrons. The molecule has 0 rings (SSSR count). The average molecular weight is 602 g/mol. The molecule has 0 fully saturated rings. The summed E-state index contributed by atoms with van der Waals surface area (Å²) in [5.74, 6) is 1.70. The Kier molecular flexibility index (Phi) is 32.4. The van der Waals surface area contributed by atoms with Crippen LogP contribution in [0, 0.1) is 11.8 Å². The smallest absolute Gasteiger partial charge is 0.00163 e. The van der Waals surface area contributed by atoms with E-state index in [0.29, 0.717) is 0 Å². The molecule has 256 valence electrons. The zero-order chi connectivity index (χ0) is 31.8. The van der Waals surface area contributed by atoms with Gasteiger partial charge in [0, 0.05) is 0 Å². The molecular weight excluding hydrogens is 518 g/mol. The summed E-state index contributed by atoms with van der Waals surface area (Å²) in [6.45, 7) is 24.1. The van der Waals surface area contributed by atoms with Gasteiger partial charge < -0.3 is 4.90 Å². The maximum Gasteiger partial charge on any atom is -0.00163 e. The third kappa shape index (κ3) is 32.6. The molecule has 1 heteroatoms. The lowest BCUT2D eigenvalue weighted by Gasteiger charge is -2.23. The summed E-state index contributed by atoms with van der Waals surface area (Å²) in [6, 6.07) is 0. The Morgan fingerprint density at radius 3 is 1.35 bits per heavy atom. The van der Waals surface area contributed by atoms with E-state index < -0.39 is 0 Å². The second-order valence-corrected chi connectivity index (χ2v) is 14.9. The van der Waals surface area contributed by atoms with Crippen LogP contribution in [0.2, 0.25) is 0 Å². The van der Waals surface area contributed by atoms with Crippen molar-refractivity contribution < 1.29 is 0 Å². The van der Waals surface area contributed by atoms with Crippen LogP contribution in [0.1, 0.15) is 214 Å². The van der Waals surface area contributed by atoms with Gasteiger partial charge in [-0.1, -0.05) is 174 Å². The van der Waals surface area contributed by atoms with Gasteiger partial charge in [-0.2, -0.15) is 0 Å². The fourth-order valence-electron chi connectivity index (χ4n) is 6.59. The molecule has 0 N–H and O–H groups in total. The van der Waals surface area contributed by atoms with E-state index >= 15 is 0 Å². The molecule has 0 saturated carbocycles. The number of allylic oxidation sites excluding steroid dienone is 2. The van der Waals surface area contributed by atoms with Crippen molar-refractivity contribution in [3.63, 3.8) is 0 Å². The van der Waals surface area contributed by atoms with Gasteiger partial charge in [0.25, 0.3) is 0 Å². The Hall–Kier alpha value is -0.560.